The lowest BCUT2D eigenvalue weighted by molar-refractivity contribution is 0.0483. The van der Waals surface area contributed by atoms with E-state index in [1.165, 1.54) is 5.75 Å². The van der Waals surface area contributed by atoms with Crippen LogP contribution in [0.2, 0.25) is 0 Å². The molecule has 0 amide bonds. The molecule has 0 saturated heterocycles. The highest BCUT2D eigenvalue weighted by Gasteiger charge is 2.19. The van der Waals surface area contributed by atoms with Gasteiger partial charge < -0.3 is 10.4 Å². The van der Waals surface area contributed by atoms with E-state index in [4.69, 9.17) is 0 Å². The van der Waals surface area contributed by atoms with Gasteiger partial charge in [0, 0.05) is 18.3 Å². The molecule has 0 aromatic carbocycles. The minimum atomic E-state index is -0.550. The Labute approximate surface area is 106 Å². The van der Waals surface area contributed by atoms with E-state index < -0.39 is 5.60 Å². The van der Waals surface area contributed by atoms with E-state index in [1.54, 1.807) is 0 Å². The molecule has 0 aliphatic heterocycles. The van der Waals surface area contributed by atoms with Crippen LogP contribution in [0.5, 0.6) is 0 Å². The first kappa shape index (κ1) is 16.3. The number of hydrogen-bond donors (Lipinski definition) is 2. The van der Waals surface area contributed by atoms with Gasteiger partial charge in [0.1, 0.15) is 0 Å². The van der Waals surface area contributed by atoms with Gasteiger partial charge >= 0.3 is 0 Å². The van der Waals surface area contributed by atoms with Crippen molar-refractivity contribution in [1.29, 1.82) is 0 Å². The standard InChI is InChI=1S/C13H29NOS/c1-6-7-13(5,15)10-14-12(4)9-16-8-11(2)3/h11-12,14-15H,6-10H2,1-5H3. The predicted molar refractivity (Wildman–Crippen MR) is 75.2 cm³/mol. The molecule has 3 heteroatoms. The third kappa shape index (κ3) is 9.49. The third-order valence-electron chi connectivity index (χ3n) is 2.44. The van der Waals surface area contributed by atoms with Crippen molar-refractivity contribution < 1.29 is 5.11 Å². The molecule has 0 aromatic rings. The number of rotatable bonds is 9. The Morgan fingerprint density at radius 2 is 1.88 bits per heavy atom. The Morgan fingerprint density at radius 1 is 1.25 bits per heavy atom. The highest BCUT2D eigenvalue weighted by atomic mass is 32.2. The zero-order valence-corrected chi connectivity index (χ0v) is 12.4. The van der Waals surface area contributed by atoms with E-state index in [0.29, 0.717) is 12.6 Å². The van der Waals surface area contributed by atoms with Crippen molar-refractivity contribution in [2.45, 2.75) is 59.1 Å². The maximum Gasteiger partial charge on any atom is 0.0743 e. The Kier molecular flexibility index (Phi) is 8.52. The average molecular weight is 247 g/mol. The van der Waals surface area contributed by atoms with Crippen LogP contribution in [-0.2, 0) is 0 Å². The fourth-order valence-corrected chi connectivity index (χ4v) is 2.64. The van der Waals surface area contributed by atoms with E-state index in [1.807, 2.05) is 18.7 Å². The molecule has 0 saturated carbocycles. The van der Waals surface area contributed by atoms with E-state index in [9.17, 15) is 5.11 Å². The van der Waals surface area contributed by atoms with Crippen molar-refractivity contribution in [3.8, 4) is 0 Å². The normalized spacial score (nSPS) is 17.4. The molecular weight excluding hydrogens is 218 g/mol. The van der Waals surface area contributed by atoms with Crippen molar-refractivity contribution in [3.05, 3.63) is 0 Å². The van der Waals surface area contributed by atoms with Crippen LogP contribution in [0.3, 0.4) is 0 Å². The molecule has 0 radical (unpaired) electrons. The predicted octanol–water partition coefficient (Wildman–Crippen LogP) is 2.90. The van der Waals surface area contributed by atoms with Gasteiger partial charge in [-0.15, -0.1) is 0 Å². The van der Waals surface area contributed by atoms with Crippen LogP contribution in [0.25, 0.3) is 0 Å². The Morgan fingerprint density at radius 3 is 2.38 bits per heavy atom. The summed E-state index contributed by atoms with van der Waals surface area (Å²) in [4.78, 5) is 0. The van der Waals surface area contributed by atoms with Gasteiger partial charge in [-0.05, 0) is 31.9 Å². The highest BCUT2D eigenvalue weighted by Crippen LogP contribution is 2.12. The van der Waals surface area contributed by atoms with Gasteiger partial charge in [0.2, 0.25) is 0 Å². The summed E-state index contributed by atoms with van der Waals surface area (Å²) in [6.07, 6.45) is 1.90. The van der Waals surface area contributed by atoms with Gasteiger partial charge in [-0.3, -0.25) is 0 Å². The molecule has 2 N–H and O–H groups in total. The van der Waals surface area contributed by atoms with Crippen LogP contribution in [0.1, 0.15) is 47.5 Å². The quantitative estimate of drug-likeness (QED) is 0.657. The summed E-state index contributed by atoms with van der Waals surface area (Å²) in [5.41, 5.74) is -0.550. The molecule has 16 heavy (non-hydrogen) atoms. The molecule has 2 atom stereocenters. The van der Waals surface area contributed by atoms with Crippen LogP contribution in [0.15, 0.2) is 0 Å². The fourth-order valence-electron chi connectivity index (χ4n) is 1.56. The van der Waals surface area contributed by atoms with Gasteiger partial charge in [-0.1, -0.05) is 27.2 Å². The topological polar surface area (TPSA) is 32.3 Å². The van der Waals surface area contributed by atoms with Crippen molar-refractivity contribution >= 4 is 11.8 Å². The molecular formula is C13H29NOS. The van der Waals surface area contributed by atoms with Crippen LogP contribution < -0.4 is 5.32 Å². The molecule has 0 spiro atoms. The van der Waals surface area contributed by atoms with E-state index >= 15 is 0 Å². The van der Waals surface area contributed by atoms with Gasteiger partial charge in [-0.2, -0.15) is 11.8 Å². The van der Waals surface area contributed by atoms with Gasteiger partial charge in [0.05, 0.1) is 5.60 Å². The van der Waals surface area contributed by atoms with Crippen molar-refractivity contribution in [2.75, 3.05) is 18.1 Å². The first-order valence-electron chi connectivity index (χ1n) is 6.41. The molecule has 0 aliphatic carbocycles. The molecule has 0 aliphatic rings. The molecule has 0 fully saturated rings. The monoisotopic (exact) mass is 247 g/mol. The van der Waals surface area contributed by atoms with Crippen molar-refractivity contribution in [1.82, 2.24) is 5.32 Å². The second kappa shape index (κ2) is 8.37. The Balaban J connectivity index is 3.60. The zero-order valence-electron chi connectivity index (χ0n) is 11.5. The van der Waals surface area contributed by atoms with Crippen molar-refractivity contribution in [3.63, 3.8) is 0 Å². The number of aliphatic hydroxyl groups is 1. The first-order chi connectivity index (χ1) is 7.37. The summed E-state index contributed by atoms with van der Waals surface area (Å²) in [6, 6.07) is 0.479. The molecule has 0 rings (SSSR count). The fraction of sp³-hybridized carbons (Fsp3) is 1.00. The SMILES string of the molecule is CCCC(C)(O)CNC(C)CSCC(C)C. The maximum atomic E-state index is 10.0. The lowest BCUT2D eigenvalue weighted by Gasteiger charge is -2.25. The summed E-state index contributed by atoms with van der Waals surface area (Å²) >= 11 is 1.99. The smallest absolute Gasteiger partial charge is 0.0743 e. The molecule has 0 aromatic heterocycles. The molecule has 2 unspecified atom stereocenters. The van der Waals surface area contributed by atoms with Gasteiger partial charge in [0.25, 0.3) is 0 Å². The van der Waals surface area contributed by atoms with Gasteiger partial charge in [0.15, 0.2) is 0 Å². The third-order valence-corrected chi connectivity index (χ3v) is 4.08. The minimum Gasteiger partial charge on any atom is -0.389 e. The lowest BCUT2D eigenvalue weighted by atomic mass is 10.0. The summed E-state index contributed by atoms with van der Waals surface area (Å²) in [5, 5.41) is 13.4. The molecule has 98 valence electrons. The van der Waals surface area contributed by atoms with Crippen LogP contribution >= 0.6 is 11.8 Å². The van der Waals surface area contributed by atoms with Crippen LogP contribution in [0, 0.1) is 5.92 Å². The summed E-state index contributed by atoms with van der Waals surface area (Å²) < 4.78 is 0. The molecule has 2 nitrogen and oxygen atoms in total. The molecule has 0 heterocycles. The second-order valence-electron chi connectivity index (χ2n) is 5.46. The second-order valence-corrected chi connectivity index (χ2v) is 6.54. The summed E-state index contributed by atoms with van der Waals surface area (Å²) in [5.74, 6) is 3.11. The highest BCUT2D eigenvalue weighted by molar-refractivity contribution is 7.99. The Hall–Kier alpha value is 0.270. The van der Waals surface area contributed by atoms with E-state index in [2.05, 4.69) is 33.0 Å². The van der Waals surface area contributed by atoms with E-state index in [0.717, 1.165) is 24.5 Å². The minimum absolute atomic E-state index is 0.479. The van der Waals surface area contributed by atoms with Gasteiger partial charge in [-0.25, -0.2) is 0 Å². The van der Waals surface area contributed by atoms with Crippen LogP contribution in [0.4, 0.5) is 0 Å². The zero-order chi connectivity index (χ0) is 12.6. The lowest BCUT2D eigenvalue weighted by Crippen LogP contribution is -2.42. The summed E-state index contributed by atoms with van der Waals surface area (Å²) in [6.45, 7) is 11.4. The molecule has 0 bridgehead atoms. The van der Waals surface area contributed by atoms with Crippen LogP contribution in [-0.4, -0.2) is 34.8 Å². The van der Waals surface area contributed by atoms with E-state index in [-0.39, 0.29) is 0 Å². The summed E-state index contributed by atoms with van der Waals surface area (Å²) in [7, 11) is 0. The average Bonchev–Trinajstić information content (AvgIpc) is 2.14. The van der Waals surface area contributed by atoms with Crippen molar-refractivity contribution in [2.24, 2.45) is 5.92 Å². The Bertz CT molecular complexity index is 171. The maximum absolute atomic E-state index is 10.0. The first-order valence-corrected chi connectivity index (χ1v) is 7.56. The number of hydrogen-bond acceptors (Lipinski definition) is 3. The number of nitrogens with one attached hydrogen (secondary N) is 1. The largest absolute Gasteiger partial charge is 0.389 e. The number of thioether (sulfide) groups is 1.